The molecule has 1 aromatic carbocycles. The second kappa shape index (κ2) is 7.56. The van der Waals surface area contributed by atoms with Crippen molar-refractivity contribution in [3.63, 3.8) is 0 Å². The van der Waals surface area contributed by atoms with E-state index in [1.54, 1.807) is 18.2 Å². The second-order valence-electron chi connectivity index (χ2n) is 3.88. The summed E-state index contributed by atoms with van der Waals surface area (Å²) >= 11 is 10.9. The molecule has 3 nitrogen and oxygen atoms in total. The summed E-state index contributed by atoms with van der Waals surface area (Å²) in [5, 5.41) is 0.605. The standard InChI is InChI=1S/C13H19ClN2OS/c1-3-16(4-2)7-8-17-12-6-5-10(14)9-11(12)13(15)18/h5-6,9H,3-4,7-8H2,1-2H3,(H2,15,18). The minimum absolute atomic E-state index is 0.301. The first-order valence-corrected chi connectivity index (χ1v) is 6.81. The largest absolute Gasteiger partial charge is 0.492 e. The number of ether oxygens (including phenoxy) is 1. The van der Waals surface area contributed by atoms with E-state index in [2.05, 4.69) is 18.7 Å². The van der Waals surface area contributed by atoms with Gasteiger partial charge in [0.2, 0.25) is 0 Å². The first-order chi connectivity index (χ1) is 8.58. The van der Waals surface area contributed by atoms with Crippen molar-refractivity contribution >= 4 is 28.8 Å². The Kier molecular flexibility index (Phi) is 6.39. The molecule has 0 aliphatic carbocycles. The Labute approximate surface area is 119 Å². The van der Waals surface area contributed by atoms with E-state index in [9.17, 15) is 0 Å². The summed E-state index contributed by atoms with van der Waals surface area (Å²) < 4.78 is 5.72. The van der Waals surface area contributed by atoms with Crippen molar-refractivity contribution < 1.29 is 4.74 Å². The number of hydrogen-bond donors (Lipinski definition) is 1. The number of benzene rings is 1. The lowest BCUT2D eigenvalue weighted by Gasteiger charge is -2.18. The number of rotatable bonds is 7. The molecule has 0 atom stereocenters. The first kappa shape index (κ1) is 15.2. The molecule has 0 heterocycles. The molecule has 0 bridgehead atoms. The maximum atomic E-state index is 5.91. The minimum Gasteiger partial charge on any atom is -0.492 e. The Balaban J connectivity index is 2.64. The number of nitrogens with two attached hydrogens (primary N) is 1. The van der Waals surface area contributed by atoms with Crippen LogP contribution in [0.2, 0.25) is 5.02 Å². The first-order valence-electron chi connectivity index (χ1n) is 6.03. The van der Waals surface area contributed by atoms with Crippen molar-refractivity contribution in [2.45, 2.75) is 13.8 Å². The summed E-state index contributed by atoms with van der Waals surface area (Å²) in [5.74, 6) is 0.694. The van der Waals surface area contributed by atoms with Crippen LogP contribution in [0.15, 0.2) is 18.2 Å². The van der Waals surface area contributed by atoms with Crippen LogP contribution in [0.25, 0.3) is 0 Å². The molecule has 0 aliphatic rings. The van der Waals surface area contributed by atoms with E-state index in [-0.39, 0.29) is 0 Å². The van der Waals surface area contributed by atoms with Crippen molar-refractivity contribution in [2.75, 3.05) is 26.2 Å². The molecular weight excluding hydrogens is 268 g/mol. The van der Waals surface area contributed by atoms with Gasteiger partial charge in [-0.25, -0.2) is 0 Å². The second-order valence-corrected chi connectivity index (χ2v) is 4.76. The smallest absolute Gasteiger partial charge is 0.129 e. The SMILES string of the molecule is CCN(CC)CCOc1ccc(Cl)cc1C(N)=S. The molecule has 0 saturated carbocycles. The van der Waals surface area contributed by atoms with Gasteiger partial charge in [-0.2, -0.15) is 0 Å². The van der Waals surface area contributed by atoms with E-state index in [1.807, 2.05) is 0 Å². The summed E-state index contributed by atoms with van der Waals surface area (Å²) in [6.07, 6.45) is 0. The Morgan fingerprint density at radius 2 is 2.06 bits per heavy atom. The Bertz CT molecular complexity index is 408. The van der Waals surface area contributed by atoms with Crippen LogP contribution in [0.3, 0.4) is 0 Å². The molecule has 0 saturated heterocycles. The van der Waals surface area contributed by atoms with Crippen molar-refractivity contribution in [3.8, 4) is 5.75 Å². The fourth-order valence-electron chi connectivity index (χ4n) is 1.65. The van der Waals surface area contributed by atoms with Gasteiger partial charge in [-0.15, -0.1) is 0 Å². The summed E-state index contributed by atoms with van der Waals surface area (Å²) in [5.41, 5.74) is 6.34. The zero-order valence-electron chi connectivity index (χ0n) is 10.8. The highest BCUT2D eigenvalue weighted by atomic mass is 35.5. The van der Waals surface area contributed by atoms with Gasteiger partial charge >= 0.3 is 0 Å². The van der Waals surface area contributed by atoms with Gasteiger partial charge in [-0.3, -0.25) is 0 Å². The lowest BCUT2D eigenvalue weighted by Crippen LogP contribution is -2.28. The summed E-state index contributed by atoms with van der Waals surface area (Å²) in [6, 6.07) is 5.31. The topological polar surface area (TPSA) is 38.5 Å². The molecule has 18 heavy (non-hydrogen) atoms. The maximum Gasteiger partial charge on any atom is 0.129 e. The number of likely N-dealkylation sites (N-methyl/N-ethyl adjacent to an activating group) is 1. The van der Waals surface area contributed by atoms with Crippen molar-refractivity contribution in [1.82, 2.24) is 4.90 Å². The molecule has 0 aliphatic heterocycles. The molecule has 0 unspecified atom stereocenters. The predicted molar refractivity (Wildman–Crippen MR) is 80.6 cm³/mol. The Morgan fingerprint density at radius 1 is 1.39 bits per heavy atom. The summed E-state index contributed by atoms with van der Waals surface area (Å²) in [7, 11) is 0. The molecule has 1 rings (SSSR count). The molecule has 0 amide bonds. The summed E-state index contributed by atoms with van der Waals surface area (Å²) in [4.78, 5) is 2.59. The molecule has 0 fully saturated rings. The Morgan fingerprint density at radius 3 is 2.61 bits per heavy atom. The van der Waals surface area contributed by atoms with E-state index in [0.717, 1.165) is 19.6 Å². The lowest BCUT2D eigenvalue weighted by molar-refractivity contribution is 0.222. The lowest BCUT2D eigenvalue weighted by atomic mass is 10.2. The van der Waals surface area contributed by atoms with E-state index < -0.39 is 0 Å². The predicted octanol–water partition coefficient (Wildman–Crippen LogP) is 2.69. The highest BCUT2D eigenvalue weighted by Gasteiger charge is 2.08. The molecule has 0 aromatic heterocycles. The van der Waals surface area contributed by atoms with Gasteiger partial charge < -0.3 is 15.4 Å². The van der Waals surface area contributed by atoms with Gasteiger partial charge in [-0.1, -0.05) is 37.7 Å². The van der Waals surface area contributed by atoms with E-state index in [0.29, 0.717) is 27.9 Å². The molecule has 0 spiro atoms. The normalized spacial score (nSPS) is 10.7. The highest BCUT2D eigenvalue weighted by molar-refractivity contribution is 7.80. The molecular formula is C13H19ClN2OS. The van der Waals surface area contributed by atoms with E-state index in [1.165, 1.54) is 0 Å². The van der Waals surface area contributed by atoms with Crippen LogP contribution in [0.4, 0.5) is 0 Å². The van der Waals surface area contributed by atoms with Crippen LogP contribution >= 0.6 is 23.8 Å². The van der Waals surface area contributed by atoms with Gasteiger partial charge in [0, 0.05) is 11.6 Å². The van der Waals surface area contributed by atoms with Gasteiger partial charge in [0.25, 0.3) is 0 Å². The third-order valence-electron chi connectivity index (χ3n) is 2.77. The van der Waals surface area contributed by atoms with Crippen LogP contribution in [0.1, 0.15) is 19.4 Å². The zero-order valence-corrected chi connectivity index (χ0v) is 12.4. The fourth-order valence-corrected chi connectivity index (χ4v) is 1.98. The number of hydrogen-bond acceptors (Lipinski definition) is 3. The fraction of sp³-hybridized carbons (Fsp3) is 0.462. The maximum absolute atomic E-state index is 5.91. The van der Waals surface area contributed by atoms with Crippen molar-refractivity contribution in [2.24, 2.45) is 5.73 Å². The highest BCUT2D eigenvalue weighted by Crippen LogP contribution is 2.22. The van der Waals surface area contributed by atoms with Crippen LogP contribution < -0.4 is 10.5 Å². The molecule has 1 aromatic rings. The third-order valence-corrected chi connectivity index (χ3v) is 3.22. The van der Waals surface area contributed by atoms with Gasteiger partial charge in [0.15, 0.2) is 0 Å². The van der Waals surface area contributed by atoms with Gasteiger partial charge in [0.05, 0.1) is 5.56 Å². The minimum atomic E-state index is 0.301. The van der Waals surface area contributed by atoms with Crippen molar-refractivity contribution in [3.05, 3.63) is 28.8 Å². The average Bonchev–Trinajstić information content (AvgIpc) is 2.36. The molecule has 2 N–H and O–H groups in total. The number of halogens is 1. The molecule has 100 valence electrons. The Hall–Kier alpha value is -0.840. The quantitative estimate of drug-likeness (QED) is 0.782. The van der Waals surface area contributed by atoms with E-state index in [4.69, 9.17) is 34.3 Å². The van der Waals surface area contributed by atoms with Crippen LogP contribution in [0, 0.1) is 0 Å². The van der Waals surface area contributed by atoms with Crippen LogP contribution in [-0.4, -0.2) is 36.1 Å². The molecule has 0 radical (unpaired) electrons. The molecule has 5 heteroatoms. The monoisotopic (exact) mass is 286 g/mol. The third kappa shape index (κ3) is 4.44. The summed E-state index contributed by atoms with van der Waals surface area (Å²) in [6.45, 7) is 7.79. The van der Waals surface area contributed by atoms with Gasteiger partial charge in [-0.05, 0) is 31.3 Å². The van der Waals surface area contributed by atoms with E-state index >= 15 is 0 Å². The zero-order chi connectivity index (χ0) is 13.5. The van der Waals surface area contributed by atoms with Crippen LogP contribution in [0.5, 0.6) is 5.75 Å². The van der Waals surface area contributed by atoms with Gasteiger partial charge in [0.1, 0.15) is 17.3 Å². The van der Waals surface area contributed by atoms with Crippen LogP contribution in [-0.2, 0) is 0 Å². The number of thiocarbonyl (C=S) groups is 1. The number of nitrogens with zero attached hydrogens (tertiary/aromatic N) is 1. The average molecular weight is 287 g/mol. The van der Waals surface area contributed by atoms with Crippen molar-refractivity contribution in [1.29, 1.82) is 0 Å².